The lowest BCUT2D eigenvalue weighted by Gasteiger charge is -2.46. The quantitative estimate of drug-likeness (QED) is 0.700. The molecular formula is C14H22N2O. The minimum Gasteiger partial charge on any atom is -0.339 e. The van der Waals surface area contributed by atoms with E-state index in [-0.39, 0.29) is 5.91 Å². The van der Waals surface area contributed by atoms with Gasteiger partial charge in [-0.05, 0) is 44.4 Å². The van der Waals surface area contributed by atoms with Crippen LogP contribution >= 0.6 is 0 Å². The average molecular weight is 234 g/mol. The SMILES string of the molecule is CC1CCN(C(=O)C2(C#N)CC(C)C2)C(C)C1. The van der Waals surface area contributed by atoms with Crippen LogP contribution in [-0.4, -0.2) is 23.4 Å². The molecule has 2 aliphatic rings. The van der Waals surface area contributed by atoms with Crippen LogP contribution in [0.5, 0.6) is 0 Å². The van der Waals surface area contributed by atoms with Gasteiger partial charge in [0.05, 0.1) is 6.07 Å². The van der Waals surface area contributed by atoms with Gasteiger partial charge in [-0.1, -0.05) is 13.8 Å². The molecule has 0 spiro atoms. The molecule has 2 unspecified atom stereocenters. The molecule has 0 aromatic rings. The maximum atomic E-state index is 12.5. The van der Waals surface area contributed by atoms with Crippen LogP contribution in [0.3, 0.4) is 0 Å². The Kier molecular flexibility index (Phi) is 3.16. The highest BCUT2D eigenvalue weighted by Gasteiger charge is 2.51. The number of piperidine rings is 1. The number of nitrogens with zero attached hydrogens (tertiary/aromatic N) is 2. The Labute approximate surface area is 104 Å². The fraction of sp³-hybridized carbons (Fsp3) is 0.857. The van der Waals surface area contributed by atoms with Crippen LogP contribution < -0.4 is 0 Å². The molecule has 2 fully saturated rings. The van der Waals surface area contributed by atoms with E-state index in [0.717, 1.165) is 32.2 Å². The van der Waals surface area contributed by atoms with E-state index < -0.39 is 5.41 Å². The zero-order valence-corrected chi connectivity index (χ0v) is 11.1. The van der Waals surface area contributed by atoms with Gasteiger partial charge in [0.1, 0.15) is 5.41 Å². The molecule has 1 aliphatic carbocycles. The van der Waals surface area contributed by atoms with Crippen molar-refractivity contribution in [3.8, 4) is 6.07 Å². The highest BCUT2D eigenvalue weighted by Crippen LogP contribution is 2.47. The van der Waals surface area contributed by atoms with Crippen LogP contribution in [0.25, 0.3) is 0 Å². The first kappa shape index (κ1) is 12.4. The first-order valence-corrected chi connectivity index (χ1v) is 6.71. The second-order valence-corrected chi connectivity index (χ2v) is 6.18. The van der Waals surface area contributed by atoms with Crippen LogP contribution in [0.4, 0.5) is 0 Å². The number of carbonyl (C=O) groups excluding carboxylic acids is 1. The Morgan fingerprint density at radius 1 is 1.29 bits per heavy atom. The zero-order chi connectivity index (χ0) is 12.6. The van der Waals surface area contributed by atoms with Crippen molar-refractivity contribution in [1.29, 1.82) is 5.26 Å². The number of hydrogen-bond acceptors (Lipinski definition) is 2. The molecule has 17 heavy (non-hydrogen) atoms. The van der Waals surface area contributed by atoms with Crippen LogP contribution in [0.15, 0.2) is 0 Å². The third kappa shape index (κ3) is 2.06. The summed E-state index contributed by atoms with van der Waals surface area (Å²) in [6, 6.07) is 2.58. The van der Waals surface area contributed by atoms with E-state index in [1.54, 1.807) is 0 Å². The van der Waals surface area contributed by atoms with Gasteiger partial charge in [-0.25, -0.2) is 0 Å². The fourth-order valence-corrected chi connectivity index (χ4v) is 3.43. The van der Waals surface area contributed by atoms with Gasteiger partial charge in [-0.3, -0.25) is 4.79 Å². The van der Waals surface area contributed by atoms with E-state index in [2.05, 4.69) is 26.8 Å². The van der Waals surface area contributed by atoms with Crippen molar-refractivity contribution in [1.82, 2.24) is 4.90 Å². The van der Waals surface area contributed by atoms with Crippen molar-refractivity contribution >= 4 is 5.91 Å². The summed E-state index contributed by atoms with van der Waals surface area (Å²) in [5.41, 5.74) is -0.686. The number of likely N-dealkylation sites (tertiary alicyclic amines) is 1. The Morgan fingerprint density at radius 2 is 1.94 bits per heavy atom. The molecule has 2 rings (SSSR count). The van der Waals surface area contributed by atoms with E-state index in [0.29, 0.717) is 17.9 Å². The van der Waals surface area contributed by atoms with E-state index in [1.165, 1.54) is 0 Å². The highest BCUT2D eigenvalue weighted by atomic mass is 16.2. The number of hydrogen-bond donors (Lipinski definition) is 0. The summed E-state index contributed by atoms with van der Waals surface area (Å²) >= 11 is 0. The maximum absolute atomic E-state index is 12.5. The third-order valence-corrected chi connectivity index (χ3v) is 4.42. The zero-order valence-electron chi connectivity index (χ0n) is 11.1. The molecule has 0 aromatic heterocycles. The molecule has 1 heterocycles. The summed E-state index contributed by atoms with van der Waals surface area (Å²) in [4.78, 5) is 14.5. The molecule has 0 N–H and O–H groups in total. The monoisotopic (exact) mass is 234 g/mol. The van der Waals surface area contributed by atoms with Crippen molar-refractivity contribution < 1.29 is 4.79 Å². The van der Waals surface area contributed by atoms with Crippen LogP contribution in [0.1, 0.15) is 46.5 Å². The topological polar surface area (TPSA) is 44.1 Å². The summed E-state index contributed by atoms with van der Waals surface area (Å²) in [6.45, 7) is 7.30. The maximum Gasteiger partial charge on any atom is 0.243 e. The largest absolute Gasteiger partial charge is 0.339 e. The molecular weight excluding hydrogens is 212 g/mol. The fourth-order valence-electron chi connectivity index (χ4n) is 3.43. The first-order valence-electron chi connectivity index (χ1n) is 6.71. The molecule has 1 aliphatic heterocycles. The van der Waals surface area contributed by atoms with Crippen LogP contribution in [-0.2, 0) is 4.79 Å². The van der Waals surface area contributed by atoms with Gasteiger partial charge >= 0.3 is 0 Å². The van der Waals surface area contributed by atoms with E-state index in [1.807, 2.05) is 4.90 Å². The van der Waals surface area contributed by atoms with E-state index >= 15 is 0 Å². The Bertz CT molecular complexity index is 352. The molecule has 3 heteroatoms. The number of carbonyl (C=O) groups is 1. The van der Waals surface area contributed by atoms with Crippen LogP contribution in [0.2, 0.25) is 0 Å². The van der Waals surface area contributed by atoms with Gasteiger partial charge in [-0.15, -0.1) is 0 Å². The Balaban J connectivity index is 2.08. The second-order valence-electron chi connectivity index (χ2n) is 6.18. The molecule has 3 nitrogen and oxygen atoms in total. The van der Waals surface area contributed by atoms with Gasteiger partial charge in [0.25, 0.3) is 0 Å². The molecule has 94 valence electrons. The van der Waals surface area contributed by atoms with E-state index in [9.17, 15) is 10.1 Å². The van der Waals surface area contributed by atoms with Gasteiger partial charge in [-0.2, -0.15) is 5.26 Å². The lowest BCUT2D eigenvalue weighted by Crippen LogP contribution is -2.54. The van der Waals surface area contributed by atoms with Gasteiger partial charge in [0, 0.05) is 12.6 Å². The van der Waals surface area contributed by atoms with Gasteiger partial charge in [0.15, 0.2) is 0 Å². The first-order chi connectivity index (χ1) is 7.98. The van der Waals surface area contributed by atoms with Crippen LogP contribution in [0, 0.1) is 28.6 Å². The molecule has 0 radical (unpaired) electrons. The van der Waals surface area contributed by atoms with Crippen molar-refractivity contribution in [3.63, 3.8) is 0 Å². The van der Waals surface area contributed by atoms with Gasteiger partial charge in [0.2, 0.25) is 5.91 Å². The molecule has 1 saturated heterocycles. The smallest absolute Gasteiger partial charge is 0.243 e. The molecule has 0 aromatic carbocycles. The number of nitriles is 1. The van der Waals surface area contributed by atoms with Crippen molar-refractivity contribution in [2.45, 2.75) is 52.5 Å². The number of amides is 1. The third-order valence-electron chi connectivity index (χ3n) is 4.42. The van der Waals surface area contributed by atoms with Gasteiger partial charge < -0.3 is 4.90 Å². The van der Waals surface area contributed by atoms with Crippen molar-refractivity contribution in [2.75, 3.05) is 6.54 Å². The lowest BCUT2D eigenvalue weighted by molar-refractivity contribution is -0.149. The predicted octanol–water partition coefficient (Wildman–Crippen LogP) is 2.57. The Hall–Kier alpha value is -1.04. The van der Waals surface area contributed by atoms with E-state index in [4.69, 9.17) is 0 Å². The summed E-state index contributed by atoms with van der Waals surface area (Å²) in [5, 5.41) is 9.30. The summed E-state index contributed by atoms with van der Waals surface area (Å²) in [7, 11) is 0. The molecule has 1 saturated carbocycles. The summed E-state index contributed by atoms with van der Waals surface area (Å²) in [6.07, 6.45) is 3.65. The van der Waals surface area contributed by atoms with Crippen molar-refractivity contribution in [2.24, 2.45) is 17.3 Å². The summed E-state index contributed by atoms with van der Waals surface area (Å²) in [5.74, 6) is 1.32. The standard InChI is InChI=1S/C14H22N2O/c1-10-4-5-16(12(3)6-10)13(17)14(9-15)7-11(2)8-14/h10-12H,4-8H2,1-3H3. The number of rotatable bonds is 1. The lowest BCUT2D eigenvalue weighted by atomic mass is 9.62. The summed E-state index contributed by atoms with van der Waals surface area (Å²) < 4.78 is 0. The minimum atomic E-state index is -0.686. The second kappa shape index (κ2) is 4.33. The molecule has 0 bridgehead atoms. The minimum absolute atomic E-state index is 0.0949. The molecule has 2 atom stereocenters. The predicted molar refractivity (Wildman–Crippen MR) is 66.0 cm³/mol. The Morgan fingerprint density at radius 3 is 2.41 bits per heavy atom. The molecule has 1 amide bonds. The highest BCUT2D eigenvalue weighted by molar-refractivity contribution is 5.87. The average Bonchev–Trinajstić information content (AvgIpc) is 2.23. The van der Waals surface area contributed by atoms with Crippen molar-refractivity contribution in [3.05, 3.63) is 0 Å². The normalized spacial score (nSPS) is 41.5.